The smallest absolute Gasteiger partial charge is 0.311 e. The quantitative estimate of drug-likeness (QED) is 0.367. The highest BCUT2D eigenvalue weighted by atomic mass is 35.5. The Kier molecular flexibility index (Phi) is 5.63. The van der Waals surface area contributed by atoms with E-state index >= 15 is 0 Å². The maximum atomic E-state index is 14.2. The van der Waals surface area contributed by atoms with Gasteiger partial charge in [0, 0.05) is 19.2 Å². The van der Waals surface area contributed by atoms with Gasteiger partial charge in [-0.1, -0.05) is 17.7 Å². The molecule has 1 N–H and O–H groups in total. The first-order valence-corrected chi connectivity index (χ1v) is 8.15. The summed E-state index contributed by atoms with van der Waals surface area (Å²) in [5, 5.41) is 14.5. The molecule has 0 aliphatic rings. The summed E-state index contributed by atoms with van der Waals surface area (Å²) in [7, 11) is 1.50. The summed E-state index contributed by atoms with van der Waals surface area (Å²) in [5.74, 6) is -0.393. The molecule has 2 aromatic carbocycles. The van der Waals surface area contributed by atoms with Gasteiger partial charge in [0.25, 0.3) is 0 Å². The number of fused-ring (bicyclic) bond motifs is 1. The van der Waals surface area contributed by atoms with Gasteiger partial charge in [0.2, 0.25) is 0 Å². The average Bonchev–Trinajstić information content (AvgIpc) is 2.65. The molecule has 1 aromatic heterocycles. The summed E-state index contributed by atoms with van der Waals surface area (Å²) in [4.78, 5) is 19.0. The molecule has 0 aliphatic heterocycles. The fourth-order valence-corrected chi connectivity index (χ4v) is 2.57. The number of hydrogen-bond acceptors (Lipinski definition) is 7. The fraction of sp³-hybridized carbons (Fsp3) is 0.176. The Labute approximate surface area is 158 Å². The van der Waals surface area contributed by atoms with E-state index in [4.69, 9.17) is 21.1 Å². The van der Waals surface area contributed by atoms with Gasteiger partial charge in [0.05, 0.1) is 33.1 Å². The van der Waals surface area contributed by atoms with Crippen LogP contribution >= 0.6 is 11.6 Å². The summed E-state index contributed by atoms with van der Waals surface area (Å²) in [6.07, 6.45) is 1.26. The van der Waals surface area contributed by atoms with Crippen molar-refractivity contribution in [3.05, 3.63) is 57.6 Å². The molecule has 27 heavy (non-hydrogen) atoms. The number of nitrogens with one attached hydrogen (secondary N) is 1. The van der Waals surface area contributed by atoms with Crippen LogP contribution < -0.4 is 10.1 Å². The predicted octanol–water partition coefficient (Wildman–Crippen LogP) is 4.10. The minimum atomic E-state index is -0.653. The third-order valence-electron chi connectivity index (χ3n) is 3.66. The van der Waals surface area contributed by atoms with E-state index in [1.54, 1.807) is 6.07 Å². The second-order valence-corrected chi connectivity index (χ2v) is 5.79. The van der Waals surface area contributed by atoms with E-state index in [-0.39, 0.29) is 41.2 Å². The number of halogens is 2. The molecule has 140 valence electrons. The lowest BCUT2D eigenvalue weighted by atomic mass is 10.2. The Balaban J connectivity index is 2.05. The number of benzene rings is 2. The number of anilines is 2. The second kappa shape index (κ2) is 8.11. The number of aromatic nitrogens is 2. The van der Waals surface area contributed by atoms with Gasteiger partial charge in [-0.2, -0.15) is 0 Å². The molecule has 0 fully saturated rings. The highest BCUT2D eigenvalue weighted by Crippen LogP contribution is 2.35. The topological polar surface area (TPSA) is 99.4 Å². The van der Waals surface area contributed by atoms with Crippen LogP contribution in [0.25, 0.3) is 10.9 Å². The highest BCUT2D eigenvalue weighted by molar-refractivity contribution is 6.31. The Bertz CT molecular complexity index is 1000. The highest BCUT2D eigenvalue weighted by Gasteiger charge is 2.20. The molecule has 1 heterocycles. The van der Waals surface area contributed by atoms with Gasteiger partial charge >= 0.3 is 5.69 Å². The van der Waals surface area contributed by atoms with Crippen LogP contribution in [0.5, 0.6) is 5.75 Å². The van der Waals surface area contributed by atoms with Gasteiger partial charge in [-0.15, -0.1) is 0 Å². The Morgan fingerprint density at radius 3 is 2.85 bits per heavy atom. The van der Waals surface area contributed by atoms with Crippen LogP contribution in [-0.2, 0) is 4.74 Å². The van der Waals surface area contributed by atoms with E-state index in [2.05, 4.69) is 15.3 Å². The van der Waals surface area contributed by atoms with Crippen LogP contribution in [0.15, 0.2) is 36.7 Å². The van der Waals surface area contributed by atoms with Crippen molar-refractivity contribution in [1.82, 2.24) is 9.97 Å². The zero-order chi connectivity index (χ0) is 19.4. The first-order valence-electron chi connectivity index (χ1n) is 7.77. The maximum Gasteiger partial charge on any atom is 0.311 e. The molecular formula is C17H14ClFN4O4. The molecular weight excluding hydrogens is 379 g/mol. The average molecular weight is 393 g/mol. The fourth-order valence-electron chi connectivity index (χ4n) is 2.39. The van der Waals surface area contributed by atoms with E-state index in [0.29, 0.717) is 10.9 Å². The SMILES string of the molecule is COCCOc1cc2ncnc(Nc3cccc(Cl)c3F)c2cc1[N+](=O)[O-]. The summed E-state index contributed by atoms with van der Waals surface area (Å²) in [6.45, 7) is 0.423. The zero-order valence-corrected chi connectivity index (χ0v) is 14.9. The molecule has 10 heteroatoms. The van der Waals surface area contributed by atoms with E-state index in [0.717, 1.165) is 0 Å². The Hall–Kier alpha value is -3.04. The van der Waals surface area contributed by atoms with Gasteiger partial charge < -0.3 is 14.8 Å². The monoisotopic (exact) mass is 392 g/mol. The van der Waals surface area contributed by atoms with Gasteiger partial charge in [-0.25, -0.2) is 14.4 Å². The van der Waals surface area contributed by atoms with Crippen molar-refractivity contribution in [2.75, 3.05) is 25.6 Å². The van der Waals surface area contributed by atoms with Crippen molar-refractivity contribution in [1.29, 1.82) is 0 Å². The largest absolute Gasteiger partial charge is 0.484 e. The minimum absolute atomic E-state index is 0.0572. The zero-order valence-electron chi connectivity index (χ0n) is 14.1. The number of nitrogens with zero attached hydrogens (tertiary/aromatic N) is 3. The Morgan fingerprint density at radius 1 is 1.30 bits per heavy atom. The van der Waals surface area contributed by atoms with Gasteiger partial charge in [-0.3, -0.25) is 10.1 Å². The summed E-state index contributed by atoms with van der Waals surface area (Å²) < 4.78 is 24.5. The molecule has 0 unspecified atom stereocenters. The third kappa shape index (κ3) is 4.04. The van der Waals surface area contributed by atoms with Gasteiger partial charge in [-0.05, 0) is 12.1 Å². The van der Waals surface area contributed by atoms with Crippen LogP contribution in [0.3, 0.4) is 0 Å². The maximum absolute atomic E-state index is 14.2. The van der Waals surface area contributed by atoms with Crippen molar-refractivity contribution in [2.24, 2.45) is 0 Å². The number of nitro benzene ring substituents is 1. The predicted molar refractivity (Wildman–Crippen MR) is 98.3 cm³/mol. The van der Waals surface area contributed by atoms with Crippen molar-refractivity contribution in [3.63, 3.8) is 0 Å². The van der Waals surface area contributed by atoms with Crippen LogP contribution in [-0.4, -0.2) is 35.2 Å². The van der Waals surface area contributed by atoms with E-state index in [1.165, 1.54) is 37.7 Å². The number of rotatable bonds is 7. The molecule has 0 saturated heterocycles. The van der Waals surface area contributed by atoms with Crippen molar-refractivity contribution in [3.8, 4) is 5.75 Å². The minimum Gasteiger partial charge on any atom is -0.484 e. The van der Waals surface area contributed by atoms with E-state index in [9.17, 15) is 14.5 Å². The number of methoxy groups -OCH3 is 1. The molecule has 0 atom stereocenters. The van der Waals surface area contributed by atoms with E-state index < -0.39 is 10.7 Å². The standard InChI is InChI=1S/C17H14ClFN4O4/c1-26-5-6-27-15-8-13-10(7-14(15)23(24)25)17(21-9-20-13)22-12-4-2-3-11(18)16(12)19/h2-4,7-9H,5-6H2,1H3,(H,20,21,22). The molecule has 0 aliphatic carbocycles. The summed E-state index contributed by atoms with van der Waals surface area (Å²) >= 11 is 5.78. The van der Waals surface area contributed by atoms with Crippen LogP contribution in [0.2, 0.25) is 5.02 Å². The van der Waals surface area contributed by atoms with Crippen LogP contribution in [0.1, 0.15) is 0 Å². The molecule has 0 radical (unpaired) electrons. The summed E-state index contributed by atoms with van der Waals surface area (Å²) in [5.41, 5.74) is 0.224. The third-order valence-corrected chi connectivity index (χ3v) is 3.95. The van der Waals surface area contributed by atoms with Crippen molar-refractivity contribution >= 4 is 39.7 Å². The molecule has 0 saturated carbocycles. The first-order chi connectivity index (χ1) is 13.0. The lowest BCUT2D eigenvalue weighted by Gasteiger charge is -2.11. The number of nitro groups is 1. The molecule has 0 bridgehead atoms. The molecule has 0 amide bonds. The van der Waals surface area contributed by atoms with Crippen LogP contribution in [0.4, 0.5) is 21.6 Å². The lowest BCUT2D eigenvalue weighted by molar-refractivity contribution is -0.385. The van der Waals surface area contributed by atoms with Crippen molar-refractivity contribution < 1.29 is 18.8 Å². The Morgan fingerprint density at radius 2 is 2.11 bits per heavy atom. The summed E-state index contributed by atoms with van der Waals surface area (Å²) in [6, 6.07) is 7.17. The molecule has 3 aromatic rings. The van der Waals surface area contributed by atoms with Gasteiger partial charge in [0.1, 0.15) is 18.8 Å². The molecule has 3 rings (SSSR count). The number of hydrogen-bond donors (Lipinski definition) is 1. The lowest BCUT2D eigenvalue weighted by Crippen LogP contribution is -2.06. The first kappa shape index (κ1) is 18.7. The second-order valence-electron chi connectivity index (χ2n) is 5.38. The molecule has 0 spiro atoms. The normalized spacial score (nSPS) is 10.8. The van der Waals surface area contributed by atoms with E-state index in [1.807, 2.05) is 0 Å². The number of ether oxygens (including phenoxy) is 2. The van der Waals surface area contributed by atoms with Gasteiger partial charge in [0.15, 0.2) is 11.6 Å². The van der Waals surface area contributed by atoms with Crippen molar-refractivity contribution in [2.45, 2.75) is 0 Å². The van der Waals surface area contributed by atoms with Crippen LogP contribution in [0, 0.1) is 15.9 Å². The molecule has 8 nitrogen and oxygen atoms in total.